The number of carbonyl (C=O) groups is 2. The fourth-order valence-corrected chi connectivity index (χ4v) is 5.07. The largest absolute Gasteiger partial charge is 0.486 e. The second-order valence-corrected chi connectivity index (χ2v) is 11.0. The zero-order valence-corrected chi connectivity index (χ0v) is 22.6. The van der Waals surface area contributed by atoms with Crippen molar-refractivity contribution in [3.63, 3.8) is 0 Å². The number of rotatable bonds is 4. The number of piperazine rings is 2. The predicted molar refractivity (Wildman–Crippen MR) is 145 cm³/mol. The summed E-state index contributed by atoms with van der Waals surface area (Å²) in [6.45, 7) is 13.3. The van der Waals surface area contributed by atoms with E-state index in [2.05, 4.69) is 28.0 Å². The first kappa shape index (κ1) is 26.2. The van der Waals surface area contributed by atoms with Crippen LogP contribution in [0.2, 0.25) is 0 Å². The van der Waals surface area contributed by atoms with Gasteiger partial charge in [0.25, 0.3) is 5.91 Å². The van der Waals surface area contributed by atoms with E-state index in [0.29, 0.717) is 45.0 Å². The fraction of sp³-hybridized carbons (Fsp3) is 0.517. The predicted octanol–water partition coefficient (Wildman–Crippen LogP) is 3.47. The Bertz CT molecular complexity index is 1130. The van der Waals surface area contributed by atoms with Crippen LogP contribution in [0.1, 0.15) is 36.7 Å². The van der Waals surface area contributed by atoms with E-state index >= 15 is 0 Å². The highest BCUT2D eigenvalue weighted by Gasteiger charge is 2.28. The molecule has 9 nitrogen and oxygen atoms in total. The van der Waals surface area contributed by atoms with Crippen LogP contribution in [-0.2, 0) is 11.3 Å². The number of nitrogens with zero attached hydrogens (tertiary/aromatic N) is 4. The summed E-state index contributed by atoms with van der Waals surface area (Å²) in [6, 6.07) is 14.0. The minimum absolute atomic E-state index is 0.00592. The summed E-state index contributed by atoms with van der Waals surface area (Å²) in [5.74, 6) is 1.70. The summed E-state index contributed by atoms with van der Waals surface area (Å²) >= 11 is 0. The van der Waals surface area contributed by atoms with Crippen LogP contribution in [0.4, 0.5) is 10.5 Å². The Balaban J connectivity index is 1.10. The van der Waals surface area contributed by atoms with Gasteiger partial charge in [0.05, 0.1) is 5.69 Å². The zero-order chi connectivity index (χ0) is 26.7. The van der Waals surface area contributed by atoms with Gasteiger partial charge in [0, 0.05) is 64.5 Å². The first-order valence-electron chi connectivity index (χ1n) is 13.5. The summed E-state index contributed by atoms with van der Waals surface area (Å²) in [5.41, 5.74) is 2.46. The lowest BCUT2D eigenvalue weighted by molar-refractivity contribution is 0.0141. The summed E-state index contributed by atoms with van der Waals surface area (Å²) in [7, 11) is 0. The van der Waals surface area contributed by atoms with Gasteiger partial charge in [0.15, 0.2) is 11.5 Å². The van der Waals surface area contributed by atoms with Crippen molar-refractivity contribution in [1.82, 2.24) is 14.7 Å². The van der Waals surface area contributed by atoms with Crippen LogP contribution in [0.3, 0.4) is 0 Å². The van der Waals surface area contributed by atoms with Crippen LogP contribution in [0, 0.1) is 0 Å². The van der Waals surface area contributed by atoms with E-state index in [1.54, 1.807) is 4.90 Å². The first-order chi connectivity index (χ1) is 18.3. The highest BCUT2D eigenvalue weighted by molar-refractivity contribution is 5.94. The first-order valence-corrected chi connectivity index (χ1v) is 13.5. The standard InChI is InChI=1S/C29H38N4O5/c1-29(2,3)38-28(35)33-17-15-32(16-18-33)27(34)23-9-7-22(8-10-23)21-30-11-13-31(14-12-30)24-5-4-6-25-26(24)37-20-19-36-25/h4-10H,11-21H2,1-3H3. The Hall–Kier alpha value is -3.46. The van der Waals surface area contributed by atoms with Crippen molar-refractivity contribution in [2.75, 3.05) is 70.5 Å². The molecule has 204 valence electrons. The number of anilines is 1. The molecular weight excluding hydrogens is 484 g/mol. The summed E-state index contributed by atoms with van der Waals surface area (Å²) in [5, 5.41) is 0. The molecular formula is C29H38N4O5. The number of hydrogen-bond donors (Lipinski definition) is 0. The second-order valence-electron chi connectivity index (χ2n) is 11.0. The van der Waals surface area contributed by atoms with E-state index in [1.165, 1.54) is 5.56 Å². The van der Waals surface area contributed by atoms with Gasteiger partial charge in [-0.25, -0.2) is 4.79 Å². The van der Waals surface area contributed by atoms with Crippen molar-refractivity contribution in [3.05, 3.63) is 53.6 Å². The molecule has 2 aromatic carbocycles. The van der Waals surface area contributed by atoms with Gasteiger partial charge in [0.1, 0.15) is 18.8 Å². The number of amides is 2. The third-order valence-electron chi connectivity index (χ3n) is 7.08. The molecule has 0 aliphatic carbocycles. The van der Waals surface area contributed by atoms with Crippen LogP contribution in [0.15, 0.2) is 42.5 Å². The minimum Gasteiger partial charge on any atom is -0.486 e. The van der Waals surface area contributed by atoms with Crippen molar-refractivity contribution in [2.45, 2.75) is 32.9 Å². The zero-order valence-electron chi connectivity index (χ0n) is 22.6. The van der Waals surface area contributed by atoms with Crippen LogP contribution >= 0.6 is 0 Å². The smallest absolute Gasteiger partial charge is 0.410 e. The molecule has 0 spiro atoms. The van der Waals surface area contributed by atoms with Gasteiger partial charge in [-0.2, -0.15) is 0 Å². The van der Waals surface area contributed by atoms with Crippen LogP contribution in [0.5, 0.6) is 11.5 Å². The van der Waals surface area contributed by atoms with Gasteiger partial charge in [0.2, 0.25) is 0 Å². The summed E-state index contributed by atoms with van der Waals surface area (Å²) in [4.78, 5) is 33.6. The number of hydrogen-bond acceptors (Lipinski definition) is 7. The van der Waals surface area contributed by atoms with E-state index in [4.69, 9.17) is 14.2 Å². The molecule has 3 aliphatic heterocycles. The lowest BCUT2D eigenvalue weighted by Gasteiger charge is -2.37. The molecule has 5 rings (SSSR count). The molecule has 0 N–H and O–H groups in total. The van der Waals surface area contributed by atoms with Gasteiger partial charge in [-0.05, 0) is 50.6 Å². The molecule has 0 saturated carbocycles. The second kappa shape index (κ2) is 11.1. The maximum atomic E-state index is 13.0. The third kappa shape index (κ3) is 6.15. The van der Waals surface area contributed by atoms with Gasteiger partial charge in [-0.15, -0.1) is 0 Å². The number of benzene rings is 2. The van der Waals surface area contributed by atoms with E-state index in [9.17, 15) is 9.59 Å². The average Bonchev–Trinajstić information content (AvgIpc) is 2.92. The monoisotopic (exact) mass is 522 g/mol. The van der Waals surface area contributed by atoms with E-state index < -0.39 is 5.60 Å². The quantitative estimate of drug-likeness (QED) is 0.609. The van der Waals surface area contributed by atoms with Crippen LogP contribution in [-0.4, -0.2) is 97.9 Å². The number of carbonyl (C=O) groups excluding carboxylic acids is 2. The molecule has 2 fully saturated rings. The third-order valence-corrected chi connectivity index (χ3v) is 7.08. The maximum Gasteiger partial charge on any atom is 0.410 e. The molecule has 38 heavy (non-hydrogen) atoms. The summed E-state index contributed by atoms with van der Waals surface area (Å²) < 4.78 is 17.1. The molecule has 3 aliphatic rings. The average molecular weight is 523 g/mol. The molecule has 0 unspecified atom stereocenters. The Morgan fingerprint density at radius 3 is 2.16 bits per heavy atom. The summed E-state index contributed by atoms with van der Waals surface area (Å²) in [6.07, 6.45) is -0.319. The van der Waals surface area contributed by atoms with Crippen molar-refractivity contribution < 1.29 is 23.8 Å². The van der Waals surface area contributed by atoms with Gasteiger partial charge >= 0.3 is 6.09 Å². The molecule has 9 heteroatoms. The normalized spacial score (nSPS) is 18.3. The van der Waals surface area contributed by atoms with E-state index in [0.717, 1.165) is 49.9 Å². The lowest BCUT2D eigenvalue weighted by Crippen LogP contribution is -2.51. The highest BCUT2D eigenvalue weighted by atomic mass is 16.6. The highest BCUT2D eigenvalue weighted by Crippen LogP contribution is 2.39. The van der Waals surface area contributed by atoms with Crippen molar-refractivity contribution in [2.24, 2.45) is 0 Å². The van der Waals surface area contributed by atoms with Crippen molar-refractivity contribution in [3.8, 4) is 11.5 Å². The maximum absolute atomic E-state index is 13.0. The molecule has 2 amide bonds. The fourth-order valence-electron chi connectivity index (χ4n) is 5.07. The minimum atomic E-state index is -0.523. The van der Waals surface area contributed by atoms with Crippen molar-refractivity contribution >= 4 is 17.7 Å². The van der Waals surface area contributed by atoms with E-state index in [-0.39, 0.29) is 12.0 Å². The Morgan fingerprint density at radius 1 is 0.816 bits per heavy atom. The molecule has 3 heterocycles. The Morgan fingerprint density at radius 2 is 1.47 bits per heavy atom. The molecule has 0 aromatic heterocycles. The van der Waals surface area contributed by atoms with E-state index in [1.807, 2.05) is 49.9 Å². The van der Waals surface area contributed by atoms with Gasteiger partial charge in [-0.3, -0.25) is 9.69 Å². The Labute approximate surface area is 224 Å². The molecule has 0 bridgehead atoms. The Kier molecular flexibility index (Phi) is 7.65. The van der Waals surface area contributed by atoms with Crippen LogP contribution < -0.4 is 14.4 Å². The number of ether oxygens (including phenoxy) is 3. The number of para-hydroxylation sites is 1. The lowest BCUT2D eigenvalue weighted by atomic mass is 10.1. The van der Waals surface area contributed by atoms with Gasteiger partial charge < -0.3 is 28.9 Å². The number of fused-ring (bicyclic) bond motifs is 1. The van der Waals surface area contributed by atoms with Gasteiger partial charge in [-0.1, -0.05) is 18.2 Å². The molecule has 2 saturated heterocycles. The molecule has 0 atom stereocenters. The van der Waals surface area contributed by atoms with Crippen LogP contribution in [0.25, 0.3) is 0 Å². The molecule has 0 radical (unpaired) electrons. The molecule has 2 aromatic rings. The topological polar surface area (TPSA) is 74.8 Å². The SMILES string of the molecule is CC(C)(C)OC(=O)N1CCN(C(=O)c2ccc(CN3CCN(c4cccc5c4OCCO5)CC3)cc2)CC1. The van der Waals surface area contributed by atoms with Crippen molar-refractivity contribution in [1.29, 1.82) is 0 Å².